The van der Waals surface area contributed by atoms with E-state index in [2.05, 4.69) is 27.8 Å². The molecule has 2 saturated heterocycles. The zero-order valence-corrected chi connectivity index (χ0v) is 32.7. The third-order valence-electron chi connectivity index (χ3n) is 10.4. The van der Waals surface area contributed by atoms with Crippen LogP contribution in [0.4, 0.5) is 0 Å². The summed E-state index contributed by atoms with van der Waals surface area (Å²) in [6.07, 6.45) is 7.44. The number of piperidine rings is 1. The predicted molar refractivity (Wildman–Crippen MR) is 211 cm³/mol. The van der Waals surface area contributed by atoms with Crippen molar-refractivity contribution >= 4 is 29.0 Å². The molecule has 0 radical (unpaired) electrons. The van der Waals surface area contributed by atoms with E-state index in [4.69, 9.17) is 37.4 Å². The van der Waals surface area contributed by atoms with Crippen LogP contribution in [0.5, 0.6) is 17.2 Å². The summed E-state index contributed by atoms with van der Waals surface area (Å²) in [5.74, 6) is 1.85. The number of carbonyl (C=O) groups excluding carboxylic acids is 1. The second-order valence-corrected chi connectivity index (χ2v) is 15.2. The standard InChI is InChI=1S/C43H48Cl2N4O5/c1-28(13-16-48-17-14-35(51)25-48)54-40-12-7-10-37(43(40)45)36-9-6-8-33(29(36)2)27-53-42-20-41(52-26-32-18-31(21-46)22-47-23-32)34(19-38(42)44)24-49-15-5-4-11-39(49)30(3)50/h6-10,12,18-20,22-23,28,35,39,51H,4-5,11,13-17,24-27H2,1-3H3/t28-,35-,39+/m1/s1. The Kier molecular flexibility index (Phi) is 13.5. The number of β-amino-alcohol motifs (C(OH)–C–C–N with tert-alkyl or cyclic N) is 1. The van der Waals surface area contributed by atoms with Gasteiger partial charge in [0.25, 0.3) is 0 Å². The number of aliphatic hydroxyl groups excluding tert-OH is 1. The first-order valence-corrected chi connectivity index (χ1v) is 19.5. The maximum atomic E-state index is 12.5. The fraction of sp³-hybridized carbons (Fsp3) is 0.419. The Morgan fingerprint density at radius 1 is 0.981 bits per heavy atom. The average Bonchev–Trinajstić information content (AvgIpc) is 3.59. The van der Waals surface area contributed by atoms with E-state index >= 15 is 0 Å². The molecule has 3 aromatic carbocycles. The molecule has 1 N–H and O–H groups in total. The van der Waals surface area contributed by atoms with Gasteiger partial charge in [0.05, 0.1) is 33.9 Å². The number of hydrogen-bond donors (Lipinski definition) is 1. The minimum absolute atomic E-state index is 0.0453. The number of halogens is 2. The number of likely N-dealkylation sites (tertiary alicyclic amines) is 2. The summed E-state index contributed by atoms with van der Waals surface area (Å²) in [7, 11) is 0. The zero-order chi connectivity index (χ0) is 38.2. The van der Waals surface area contributed by atoms with Gasteiger partial charge >= 0.3 is 0 Å². The van der Waals surface area contributed by atoms with Crippen LogP contribution in [-0.4, -0.2) is 70.1 Å². The van der Waals surface area contributed by atoms with E-state index in [1.54, 1.807) is 19.2 Å². The first-order chi connectivity index (χ1) is 26.1. The molecule has 6 rings (SSSR count). The number of nitriles is 1. The topological polar surface area (TPSA) is 108 Å². The number of nitrogens with zero attached hydrogens (tertiary/aromatic N) is 4. The van der Waals surface area contributed by atoms with Crippen LogP contribution in [0, 0.1) is 18.3 Å². The summed E-state index contributed by atoms with van der Waals surface area (Å²) >= 11 is 13.9. The average molecular weight is 772 g/mol. The van der Waals surface area contributed by atoms with Crippen LogP contribution >= 0.6 is 23.2 Å². The van der Waals surface area contributed by atoms with E-state index < -0.39 is 0 Å². The van der Waals surface area contributed by atoms with Crippen molar-refractivity contribution in [1.82, 2.24) is 14.8 Å². The van der Waals surface area contributed by atoms with Gasteiger partial charge in [-0.3, -0.25) is 14.7 Å². The molecule has 0 aliphatic carbocycles. The Morgan fingerprint density at radius 3 is 2.56 bits per heavy atom. The van der Waals surface area contributed by atoms with Crippen molar-refractivity contribution in [2.24, 2.45) is 0 Å². The number of hydrogen-bond acceptors (Lipinski definition) is 9. The van der Waals surface area contributed by atoms with Crippen molar-refractivity contribution in [2.75, 3.05) is 26.2 Å². The molecule has 1 aromatic heterocycles. The molecule has 0 bridgehead atoms. The number of aliphatic hydroxyl groups is 1. The van der Waals surface area contributed by atoms with Crippen LogP contribution in [0.1, 0.15) is 73.8 Å². The maximum Gasteiger partial charge on any atom is 0.146 e. The second kappa shape index (κ2) is 18.4. The Hall–Kier alpha value is -4.17. The highest BCUT2D eigenvalue weighted by atomic mass is 35.5. The Labute approximate surface area is 328 Å². The highest BCUT2D eigenvalue weighted by Gasteiger charge is 2.28. The molecule has 0 saturated carbocycles. The number of Topliss-reactive ketones (excluding diaryl/α,β-unsaturated/α-hetero) is 1. The second-order valence-electron chi connectivity index (χ2n) is 14.4. The highest BCUT2D eigenvalue weighted by molar-refractivity contribution is 6.35. The Bertz CT molecular complexity index is 1980. The van der Waals surface area contributed by atoms with Gasteiger partial charge in [-0.1, -0.05) is 60.0 Å². The van der Waals surface area contributed by atoms with E-state index in [0.29, 0.717) is 45.9 Å². The minimum atomic E-state index is -0.235. The number of benzene rings is 3. The van der Waals surface area contributed by atoms with Gasteiger partial charge < -0.3 is 24.2 Å². The monoisotopic (exact) mass is 770 g/mol. The van der Waals surface area contributed by atoms with E-state index in [1.807, 2.05) is 55.5 Å². The largest absolute Gasteiger partial charge is 0.489 e. The molecular weight excluding hydrogens is 723 g/mol. The lowest BCUT2D eigenvalue weighted by Crippen LogP contribution is -2.43. The van der Waals surface area contributed by atoms with E-state index in [1.165, 1.54) is 6.20 Å². The summed E-state index contributed by atoms with van der Waals surface area (Å²) in [5, 5.41) is 20.2. The van der Waals surface area contributed by atoms with Crippen LogP contribution in [0.2, 0.25) is 10.0 Å². The molecule has 284 valence electrons. The lowest BCUT2D eigenvalue weighted by molar-refractivity contribution is -0.123. The van der Waals surface area contributed by atoms with E-state index in [-0.39, 0.29) is 37.2 Å². The first kappa shape index (κ1) is 39.5. The van der Waals surface area contributed by atoms with Gasteiger partial charge in [0, 0.05) is 61.3 Å². The number of ether oxygens (including phenoxy) is 3. The van der Waals surface area contributed by atoms with Gasteiger partial charge in [0.1, 0.15) is 42.3 Å². The quantitative estimate of drug-likeness (QED) is 0.127. The lowest BCUT2D eigenvalue weighted by atomic mass is 9.96. The van der Waals surface area contributed by atoms with Crippen LogP contribution < -0.4 is 14.2 Å². The number of carbonyl (C=O) groups is 1. The molecule has 0 unspecified atom stereocenters. The number of ketones is 1. The van der Waals surface area contributed by atoms with E-state index in [9.17, 15) is 15.2 Å². The summed E-state index contributed by atoms with van der Waals surface area (Å²) in [6.45, 7) is 10.0. The van der Waals surface area contributed by atoms with Crippen LogP contribution in [0.25, 0.3) is 11.1 Å². The summed E-state index contributed by atoms with van der Waals surface area (Å²) in [6, 6.07) is 19.3. The molecule has 2 aliphatic heterocycles. The molecule has 3 atom stereocenters. The predicted octanol–water partition coefficient (Wildman–Crippen LogP) is 8.56. The number of aromatic nitrogens is 1. The molecule has 0 amide bonds. The first-order valence-electron chi connectivity index (χ1n) is 18.7. The maximum absolute atomic E-state index is 12.5. The van der Waals surface area contributed by atoms with Crippen molar-refractivity contribution in [3.8, 4) is 34.4 Å². The van der Waals surface area contributed by atoms with Crippen molar-refractivity contribution in [3.63, 3.8) is 0 Å². The normalized spacial score (nSPS) is 18.2. The third-order valence-corrected chi connectivity index (χ3v) is 11.1. The molecular formula is C43H48Cl2N4O5. The van der Waals surface area contributed by atoms with Crippen LogP contribution in [0.15, 0.2) is 67.0 Å². The smallest absolute Gasteiger partial charge is 0.146 e. The van der Waals surface area contributed by atoms with Crippen LogP contribution in [-0.2, 0) is 24.6 Å². The summed E-state index contributed by atoms with van der Waals surface area (Å²) in [4.78, 5) is 21.2. The van der Waals surface area contributed by atoms with Gasteiger partial charge in [-0.15, -0.1) is 0 Å². The van der Waals surface area contributed by atoms with Gasteiger partial charge in [-0.25, -0.2) is 0 Å². The van der Waals surface area contributed by atoms with Crippen molar-refractivity contribution < 1.29 is 24.1 Å². The third kappa shape index (κ3) is 9.92. The van der Waals surface area contributed by atoms with Gasteiger partial charge in [-0.05, 0) is 87.9 Å². The highest BCUT2D eigenvalue weighted by Crippen LogP contribution is 2.39. The molecule has 2 fully saturated rings. The van der Waals surface area contributed by atoms with Crippen LogP contribution in [0.3, 0.4) is 0 Å². The zero-order valence-electron chi connectivity index (χ0n) is 31.2. The molecule has 4 aromatic rings. The Morgan fingerprint density at radius 2 is 1.78 bits per heavy atom. The summed E-state index contributed by atoms with van der Waals surface area (Å²) in [5.41, 5.74) is 5.90. The van der Waals surface area contributed by atoms with Crippen molar-refractivity contribution in [2.45, 2.75) is 90.9 Å². The molecule has 9 nitrogen and oxygen atoms in total. The van der Waals surface area contributed by atoms with Crippen molar-refractivity contribution in [1.29, 1.82) is 5.26 Å². The number of rotatable bonds is 15. The fourth-order valence-electron chi connectivity index (χ4n) is 7.34. The molecule has 3 heterocycles. The SMILES string of the molecule is CC(=O)[C@@H]1CCCCN1Cc1cc(Cl)c(OCc2cccc(-c3cccc(O[C@H](C)CCN4CC[C@@H](O)C4)c3Cl)c2C)cc1OCc1cncc(C#N)c1. The molecule has 2 aliphatic rings. The molecule has 54 heavy (non-hydrogen) atoms. The van der Waals surface area contributed by atoms with Gasteiger partial charge in [-0.2, -0.15) is 5.26 Å². The molecule has 11 heteroatoms. The van der Waals surface area contributed by atoms with E-state index in [0.717, 1.165) is 85.1 Å². The summed E-state index contributed by atoms with van der Waals surface area (Å²) < 4.78 is 19.1. The minimum Gasteiger partial charge on any atom is -0.489 e. The van der Waals surface area contributed by atoms with Crippen molar-refractivity contribution in [3.05, 3.63) is 105 Å². The molecule has 0 spiro atoms. The number of pyridine rings is 1. The lowest BCUT2D eigenvalue weighted by Gasteiger charge is -2.34. The van der Waals surface area contributed by atoms with Gasteiger partial charge in [0.2, 0.25) is 0 Å². The van der Waals surface area contributed by atoms with Gasteiger partial charge in [0.15, 0.2) is 0 Å². The fourth-order valence-corrected chi connectivity index (χ4v) is 7.86. The Balaban J connectivity index is 1.19.